The maximum Gasteiger partial charge on any atom is 0.303 e. The number of hydrogen-bond donors (Lipinski definition) is 2. The third kappa shape index (κ3) is 6.71. The minimum atomic E-state index is -0.785. The molecule has 2 aromatic rings. The first-order valence-corrected chi connectivity index (χ1v) is 11.4. The van der Waals surface area contributed by atoms with Crippen LogP contribution in [0.4, 0.5) is 11.4 Å². The van der Waals surface area contributed by atoms with E-state index in [1.54, 1.807) is 0 Å². The van der Waals surface area contributed by atoms with Crippen molar-refractivity contribution >= 4 is 17.3 Å². The van der Waals surface area contributed by atoms with Crippen molar-refractivity contribution in [3.05, 3.63) is 35.5 Å². The molecule has 1 aromatic carbocycles. The lowest BCUT2D eigenvalue weighted by atomic mass is 9.96. The van der Waals surface area contributed by atoms with Gasteiger partial charge in [-0.15, -0.1) is 0 Å². The summed E-state index contributed by atoms with van der Waals surface area (Å²) in [7, 11) is 0. The van der Waals surface area contributed by atoms with Crippen LogP contribution in [-0.2, 0) is 11.3 Å². The van der Waals surface area contributed by atoms with Gasteiger partial charge in [0.1, 0.15) is 0 Å². The number of benzene rings is 1. The Hall–Kier alpha value is -2.57. The van der Waals surface area contributed by atoms with Crippen molar-refractivity contribution in [2.24, 2.45) is 11.8 Å². The van der Waals surface area contributed by atoms with E-state index in [-0.39, 0.29) is 12.3 Å². The van der Waals surface area contributed by atoms with Crippen molar-refractivity contribution in [2.75, 3.05) is 23.3 Å². The van der Waals surface area contributed by atoms with Gasteiger partial charge in [-0.25, -0.2) is 0 Å². The van der Waals surface area contributed by atoms with Crippen molar-refractivity contribution in [3.63, 3.8) is 0 Å². The number of carboxylic acids is 1. The molecule has 1 fully saturated rings. The maximum absolute atomic E-state index is 11.2. The normalized spacial score (nSPS) is 14.8. The molecule has 1 aromatic heterocycles. The predicted molar refractivity (Wildman–Crippen MR) is 123 cm³/mol. The van der Waals surface area contributed by atoms with Gasteiger partial charge >= 0.3 is 5.97 Å². The molecule has 7 heteroatoms. The highest BCUT2D eigenvalue weighted by atomic mass is 16.5. The van der Waals surface area contributed by atoms with Crippen LogP contribution in [0, 0.1) is 11.8 Å². The number of nitrogens with one attached hydrogen (secondary N) is 1. The van der Waals surface area contributed by atoms with E-state index >= 15 is 0 Å². The van der Waals surface area contributed by atoms with E-state index in [0.717, 1.165) is 48.8 Å². The molecule has 0 spiro atoms. The summed E-state index contributed by atoms with van der Waals surface area (Å²) in [5.41, 5.74) is 3.11. The van der Waals surface area contributed by atoms with E-state index in [4.69, 9.17) is 4.52 Å². The highest BCUT2D eigenvalue weighted by Crippen LogP contribution is 2.39. The Balaban J connectivity index is 1.86. The first-order chi connectivity index (χ1) is 14.7. The van der Waals surface area contributed by atoms with E-state index in [1.165, 1.54) is 0 Å². The van der Waals surface area contributed by atoms with Crippen molar-refractivity contribution in [1.29, 1.82) is 0 Å². The maximum atomic E-state index is 11.2. The molecule has 0 amide bonds. The minimum Gasteiger partial charge on any atom is -0.481 e. The van der Waals surface area contributed by atoms with Gasteiger partial charge in [0, 0.05) is 19.0 Å². The summed E-state index contributed by atoms with van der Waals surface area (Å²) in [6.07, 6.45) is 2.36. The molecule has 170 valence electrons. The number of nitrogens with zero attached hydrogens (tertiary/aromatic N) is 3. The van der Waals surface area contributed by atoms with Crippen LogP contribution in [0.3, 0.4) is 0 Å². The van der Waals surface area contributed by atoms with E-state index in [0.29, 0.717) is 30.1 Å². The van der Waals surface area contributed by atoms with Gasteiger partial charge in [-0.05, 0) is 48.3 Å². The molecule has 0 saturated heterocycles. The molecular weight excluding hydrogens is 392 g/mol. The Morgan fingerprint density at radius 3 is 2.45 bits per heavy atom. The van der Waals surface area contributed by atoms with Crippen LogP contribution in [0.2, 0.25) is 0 Å². The van der Waals surface area contributed by atoms with Gasteiger partial charge in [0.2, 0.25) is 5.89 Å². The Kier molecular flexibility index (Phi) is 7.57. The number of carbonyl (C=O) groups is 1. The zero-order chi connectivity index (χ0) is 22.5. The number of hydrogen-bond acceptors (Lipinski definition) is 6. The first kappa shape index (κ1) is 23.1. The molecule has 0 aliphatic heterocycles. The molecule has 1 heterocycles. The van der Waals surface area contributed by atoms with E-state index in [2.05, 4.69) is 66.3 Å². The lowest BCUT2D eigenvalue weighted by Crippen LogP contribution is -2.32. The van der Waals surface area contributed by atoms with Crippen molar-refractivity contribution in [1.82, 2.24) is 10.1 Å². The van der Waals surface area contributed by atoms with Gasteiger partial charge < -0.3 is 19.8 Å². The summed E-state index contributed by atoms with van der Waals surface area (Å²) in [6, 6.07) is 6.26. The van der Waals surface area contributed by atoms with Gasteiger partial charge in [0.15, 0.2) is 5.82 Å². The van der Waals surface area contributed by atoms with E-state index < -0.39 is 5.97 Å². The van der Waals surface area contributed by atoms with Crippen LogP contribution in [0.15, 0.2) is 22.7 Å². The predicted octanol–water partition coefficient (Wildman–Crippen LogP) is 5.26. The number of aromatic nitrogens is 2. The molecule has 31 heavy (non-hydrogen) atoms. The quantitative estimate of drug-likeness (QED) is 0.477. The highest BCUT2D eigenvalue weighted by Gasteiger charge is 2.29. The van der Waals surface area contributed by atoms with E-state index in [1.807, 2.05) is 6.92 Å². The molecule has 7 nitrogen and oxygen atoms in total. The molecule has 3 rings (SSSR count). The van der Waals surface area contributed by atoms with Crippen LogP contribution in [-0.4, -0.2) is 34.3 Å². The fourth-order valence-electron chi connectivity index (χ4n) is 3.82. The molecule has 1 aliphatic rings. The minimum absolute atomic E-state index is 0.0672. The summed E-state index contributed by atoms with van der Waals surface area (Å²) in [5, 5.41) is 16.8. The van der Waals surface area contributed by atoms with Gasteiger partial charge in [0.25, 0.3) is 0 Å². The first-order valence-electron chi connectivity index (χ1n) is 11.4. The third-order valence-corrected chi connectivity index (χ3v) is 5.43. The zero-order valence-corrected chi connectivity index (χ0v) is 19.4. The van der Waals surface area contributed by atoms with Gasteiger partial charge in [-0.2, -0.15) is 4.98 Å². The Labute approximate surface area is 185 Å². The summed E-state index contributed by atoms with van der Waals surface area (Å²) in [4.78, 5) is 18.1. The fraction of sp³-hybridized carbons (Fsp3) is 0.625. The number of rotatable bonds is 12. The SMILES string of the molecule is CC(C)CN(CC(C)C)c1ccc(C(C)CC(=O)O)cc1NCc1noc(C2CC2)n1. The van der Waals surface area contributed by atoms with Crippen LogP contribution in [0.25, 0.3) is 0 Å². The van der Waals surface area contributed by atoms with Crippen LogP contribution < -0.4 is 10.2 Å². The van der Waals surface area contributed by atoms with Gasteiger partial charge in [0.05, 0.1) is 24.3 Å². The second kappa shape index (κ2) is 10.2. The molecule has 1 aliphatic carbocycles. The topological polar surface area (TPSA) is 91.5 Å². The van der Waals surface area contributed by atoms with Crippen LogP contribution in [0.1, 0.15) is 83.0 Å². The second-order valence-corrected chi connectivity index (χ2v) is 9.64. The third-order valence-electron chi connectivity index (χ3n) is 5.43. The Bertz CT molecular complexity index is 863. The lowest BCUT2D eigenvalue weighted by molar-refractivity contribution is -0.137. The smallest absolute Gasteiger partial charge is 0.303 e. The number of aliphatic carboxylic acids is 1. The van der Waals surface area contributed by atoms with Crippen molar-refractivity contribution in [3.8, 4) is 0 Å². The summed E-state index contributed by atoms with van der Waals surface area (Å²) >= 11 is 0. The van der Waals surface area contributed by atoms with E-state index in [9.17, 15) is 9.90 Å². The summed E-state index contributed by atoms with van der Waals surface area (Å²) in [6.45, 7) is 13.2. The number of anilines is 2. The number of carboxylic acid groups (broad SMARTS) is 1. The van der Waals surface area contributed by atoms with Gasteiger partial charge in [-0.1, -0.05) is 45.8 Å². The molecule has 0 radical (unpaired) electrons. The molecule has 1 saturated carbocycles. The fourth-order valence-corrected chi connectivity index (χ4v) is 3.82. The average molecular weight is 429 g/mol. The van der Waals surface area contributed by atoms with Crippen molar-refractivity contribution < 1.29 is 14.4 Å². The van der Waals surface area contributed by atoms with Crippen LogP contribution >= 0.6 is 0 Å². The van der Waals surface area contributed by atoms with Gasteiger partial charge in [-0.3, -0.25) is 4.79 Å². The molecule has 0 bridgehead atoms. The second-order valence-electron chi connectivity index (χ2n) is 9.64. The monoisotopic (exact) mass is 428 g/mol. The zero-order valence-electron chi connectivity index (χ0n) is 19.4. The summed E-state index contributed by atoms with van der Waals surface area (Å²) < 4.78 is 5.39. The average Bonchev–Trinajstić information content (AvgIpc) is 3.42. The Morgan fingerprint density at radius 2 is 1.87 bits per heavy atom. The van der Waals surface area contributed by atoms with Crippen LogP contribution in [0.5, 0.6) is 0 Å². The molecule has 1 atom stereocenters. The Morgan fingerprint density at radius 1 is 1.19 bits per heavy atom. The standard InChI is InChI=1S/C24H36N4O3/c1-15(2)13-28(14-16(3)4)21-9-8-19(17(5)10-23(29)30)11-20(21)25-12-22-26-24(31-27-22)18-6-7-18/h8-9,11,15-18,25H,6-7,10,12-14H2,1-5H3,(H,29,30). The largest absolute Gasteiger partial charge is 0.481 e. The lowest BCUT2D eigenvalue weighted by Gasteiger charge is -2.31. The highest BCUT2D eigenvalue weighted by molar-refractivity contribution is 5.72. The summed E-state index contributed by atoms with van der Waals surface area (Å²) in [5.74, 6) is 2.02. The molecule has 1 unspecified atom stereocenters. The molecule has 2 N–H and O–H groups in total. The van der Waals surface area contributed by atoms with Crippen molar-refractivity contribution in [2.45, 2.75) is 72.3 Å². The molecular formula is C24H36N4O3.